The molecule has 0 heterocycles. The molecule has 0 unspecified atom stereocenters. The number of carbonyl (C=O) groups is 2. The van der Waals surface area contributed by atoms with Gasteiger partial charge in [-0.25, -0.2) is 9.59 Å². The van der Waals surface area contributed by atoms with Crippen molar-refractivity contribution >= 4 is 11.9 Å². The van der Waals surface area contributed by atoms with Crippen LogP contribution >= 0.6 is 0 Å². The number of carbonyl (C=O) groups excluding carboxylic acids is 2. The molecule has 5 rings (SSSR count). The van der Waals surface area contributed by atoms with Crippen LogP contribution in [0.1, 0.15) is 20.7 Å². The van der Waals surface area contributed by atoms with Crippen LogP contribution in [0.2, 0.25) is 0 Å². The van der Waals surface area contributed by atoms with Crippen LogP contribution in [0.25, 0.3) is 0 Å². The van der Waals surface area contributed by atoms with Crippen LogP contribution in [0.4, 0.5) is 17.6 Å². The van der Waals surface area contributed by atoms with Gasteiger partial charge in [-0.2, -0.15) is 17.6 Å². The molecule has 10 heteroatoms. The van der Waals surface area contributed by atoms with E-state index in [1.807, 2.05) is 0 Å². The lowest BCUT2D eigenvalue weighted by Crippen LogP contribution is -2.10. The molecule has 0 fully saturated rings. The Balaban J connectivity index is 1.42. The van der Waals surface area contributed by atoms with E-state index in [0.717, 1.165) is 0 Å². The van der Waals surface area contributed by atoms with Crippen molar-refractivity contribution in [2.24, 2.45) is 0 Å². The van der Waals surface area contributed by atoms with Crippen LogP contribution in [-0.2, 0) is 0 Å². The van der Waals surface area contributed by atoms with Gasteiger partial charge in [-0.05, 0) is 48.5 Å². The molecule has 0 radical (unpaired) electrons. The van der Waals surface area contributed by atoms with Gasteiger partial charge in [-0.3, -0.25) is 0 Å². The largest absolute Gasteiger partial charge is 0.447 e. The second-order valence-electron chi connectivity index (χ2n) is 8.52. The number of esters is 2. The van der Waals surface area contributed by atoms with Crippen molar-refractivity contribution in [2.45, 2.75) is 0 Å². The lowest BCUT2D eigenvalue weighted by molar-refractivity contribution is 0.0720. The summed E-state index contributed by atoms with van der Waals surface area (Å²) < 4.78 is 81.3. The summed E-state index contributed by atoms with van der Waals surface area (Å²) in [4.78, 5) is 24.9. The van der Waals surface area contributed by atoms with Crippen LogP contribution in [0, 0.1) is 23.3 Å². The first-order valence-corrected chi connectivity index (χ1v) is 12.3. The number of halogens is 4. The zero-order valence-electron chi connectivity index (χ0n) is 21.4. The van der Waals surface area contributed by atoms with Crippen molar-refractivity contribution in [1.29, 1.82) is 0 Å². The summed E-state index contributed by atoms with van der Waals surface area (Å²) in [7, 11) is 0. The first-order valence-electron chi connectivity index (χ1n) is 12.3. The molecule has 0 bridgehead atoms. The van der Waals surface area contributed by atoms with Gasteiger partial charge in [0.2, 0.25) is 34.8 Å². The lowest BCUT2D eigenvalue weighted by atomic mass is 10.2. The van der Waals surface area contributed by atoms with E-state index in [0.29, 0.717) is 0 Å². The van der Waals surface area contributed by atoms with Crippen LogP contribution in [0.5, 0.6) is 34.5 Å². The summed E-state index contributed by atoms with van der Waals surface area (Å²) in [6.45, 7) is 0. The highest BCUT2D eigenvalue weighted by atomic mass is 19.2. The maximum Gasteiger partial charge on any atom is 0.343 e. The molecule has 5 aromatic rings. The van der Waals surface area contributed by atoms with E-state index in [-0.39, 0.29) is 22.6 Å². The van der Waals surface area contributed by atoms with E-state index in [1.165, 1.54) is 72.8 Å². The van der Waals surface area contributed by atoms with Gasteiger partial charge in [-0.15, -0.1) is 0 Å². The highest BCUT2D eigenvalue weighted by Gasteiger charge is 2.30. The highest BCUT2D eigenvalue weighted by Crippen LogP contribution is 2.42. The fraction of sp³-hybridized carbons (Fsp3) is 0. The fourth-order valence-corrected chi connectivity index (χ4v) is 3.69. The van der Waals surface area contributed by atoms with Gasteiger partial charge in [0.05, 0.1) is 11.1 Å². The van der Waals surface area contributed by atoms with Gasteiger partial charge < -0.3 is 18.9 Å². The van der Waals surface area contributed by atoms with E-state index in [1.54, 1.807) is 36.4 Å². The van der Waals surface area contributed by atoms with Crippen LogP contribution in [0.3, 0.4) is 0 Å². The Morgan fingerprint density at radius 3 is 1.02 bits per heavy atom. The van der Waals surface area contributed by atoms with Crippen LogP contribution < -0.4 is 18.9 Å². The SMILES string of the molecule is O=C(Oc1ccccc1Oc1c(F)c(F)c(Oc2ccccc2OC(=O)c2ccccc2)c(F)c1F)c1ccccc1. The third-order valence-corrected chi connectivity index (χ3v) is 5.73. The first-order chi connectivity index (χ1) is 20.3. The van der Waals surface area contributed by atoms with Crippen LogP contribution in [-0.4, -0.2) is 11.9 Å². The van der Waals surface area contributed by atoms with E-state index in [9.17, 15) is 9.59 Å². The number of hydrogen-bond donors (Lipinski definition) is 0. The van der Waals surface area contributed by atoms with Crippen molar-refractivity contribution in [3.63, 3.8) is 0 Å². The Morgan fingerprint density at radius 2 is 0.690 bits per heavy atom. The zero-order chi connectivity index (χ0) is 29.6. The predicted molar refractivity (Wildman–Crippen MR) is 142 cm³/mol. The molecule has 5 aromatic carbocycles. The van der Waals surface area contributed by atoms with Crippen molar-refractivity contribution in [1.82, 2.24) is 0 Å². The van der Waals surface area contributed by atoms with Crippen molar-refractivity contribution < 1.29 is 46.1 Å². The third kappa shape index (κ3) is 5.92. The molecule has 0 atom stereocenters. The normalized spacial score (nSPS) is 10.6. The van der Waals surface area contributed by atoms with E-state index in [4.69, 9.17) is 18.9 Å². The molecule has 6 nitrogen and oxygen atoms in total. The van der Waals surface area contributed by atoms with E-state index in [2.05, 4.69) is 0 Å². The third-order valence-electron chi connectivity index (χ3n) is 5.73. The van der Waals surface area contributed by atoms with Gasteiger partial charge in [-0.1, -0.05) is 60.7 Å². The van der Waals surface area contributed by atoms with Gasteiger partial charge in [0.25, 0.3) is 0 Å². The molecule has 0 aromatic heterocycles. The molecular weight excluding hydrogens is 556 g/mol. The Morgan fingerprint density at radius 1 is 0.405 bits per heavy atom. The lowest BCUT2D eigenvalue weighted by Gasteiger charge is -2.16. The topological polar surface area (TPSA) is 71.1 Å². The zero-order valence-corrected chi connectivity index (χ0v) is 21.4. The highest BCUT2D eigenvalue weighted by molar-refractivity contribution is 5.91. The minimum atomic E-state index is -1.92. The summed E-state index contributed by atoms with van der Waals surface area (Å²) in [5.41, 5.74) is 0.357. The molecular formula is C32H18F4O6. The summed E-state index contributed by atoms with van der Waals surface area (Å²) >= 11 is 0. The number of para-hydroxylation sites is 4. The van der Waals surface area contributed by atoms with Gasteiger partial charge in [0, 0.05) is 0 Å². The molecule has 0 saturated carbocycles. The quantitative estimate of drug-likeness (QED) is 0.0804. The average molecular weight is 574 g/mol. The maximum absolute atomic E-state index is 15.1. The molecule has 0 spiro atoms. The van der Waals surface area contributed by atoms with E-state index < -0.39 is 58.2 Å². The minimum Gasteiger partial charge on any atom is -0.447 e. The van der Waals surface area contributed by atoms with Gasteiger partial charge in [0.15, 0.2) is 23.0 Å². The Labute approximate surface area is 236 Å². The Bertz CT molecular complexity index is 1600. The first kappa shape index (κ1) is 27.9. The molecule has 0 aliphatic carbocycles. The summed E-state index contributed by atoms with van der Waals surface area (Å²) in [5.74, 6) is -13.5. The summed E-state index contributed by atoms with van der Waals surface area (Å²) in [5, 5.41) is 0. The standard InChI is InChI=1S/C32H18F4O6/c33-25-27(35)30(40-22-16-8-10-18-24(22)42-32(38)20-13-5-2-6-14-20)28(36)26(34)29(25)39-21-15-7-9-17-23(21)41-31(37)19-11-3-1-4-12-19/h1-18H. The molecule has 0 saturated heterocycles. The molecule has 210 valence electrons. The van der Waals surface area contributed by atoms with Crippen molar-refractivity contribution in [3.05, 3.63) is 144 Å². The van der Waals surface area contributed by atoms with Crippen molar-refractivity contribution in [3.8, 4) is 34.5 Å². The average Bonchev–Trinajstić information content (AvgIpc) is 3.02. The second-order valence-corrected chi connectivity index (χ2v) is 8.52. The van der Waals surface area contributed by atoms with E-state index >= 15 is 17.6 Å². The maximum atomic E-state index is 15.1. The molecule has 42 heavy (non-hydrogen) atoms. The Hall–Kier alpha value is -5.64. The molecule has 0 aliphatic heterocycles. The summed E-state index contributed by atoms with van der Waals surface area (Å²) in [6.07, 6.45) is 0. The molecule has 0 aliphatic rings. The monoisotopic (exact) mass is 574 g/mol. The van der Waals surface area contributed by atoms with Gasteiger partial charge in [0.1, 0.15) is 0 Å². The Kier molecular flexibility index (Phi) is 8.14. The number of ether oxygens (including phenoxy) is 4. The number of hydrogen-bond acceptors (Lipinski definition) is 6. The minimum absolute atomic E-state index is 0.179. The number of rotatable bonds is 8. The number of benzene rings is 5. The fourth-order valence-electron chi connectivity index (χ4n) is 3.69. The predicted octanol–water partition coefficient (Wildman–Crippen LogP) is 8.27. The second kappa shape index (κ2) is 12.3. The van der Waals surface area contributed by atoms with Crippen LogP contribution in [0.15, 0.2) is 109 Å². The van der Waals surface area contributed by atoms with Crippen molar-refractivity contribution in [2.75, 3.05) is 0 Å². The molecule has 0 N–H and O–H groups in total. The molecule has 0 amide bonds. The smallest absolute Gasteiger partial charge is 0.343 e. The summed E-state index contributed by atoms with van der Waals surface area (Å²) in [6, 6.07) is 26.3. The van der Waals surface area contributed by atoms with Gasteiger partial charge >= 0.3 is 11.9 Å².